The van der Waals surface area contributed by atoms with Crippen LogP contribution >= 0.6 is 23.2 Å². The first kappa shape index (κ1) is 27.5. The zero-order valence-electron chi connectivity index (χ0n) is 19.9. The predicted molar refractivity (Wildman–Crippen MR) is 143 cm³/mol. The summed E-state index contributed by atoms with van der Waals surface area (Å²) in [4.78, 5) is 27.8. The Hall–Kier alpha value is -3.07. The molecule has 3 aromatic carbocycles. The van der Waals surface area contributed by atoms with Crippen molar-refractivity contribution in [2.24, 2.45) is 0 Å². The third kappa shape index (κ3) is 6.37. The van der Waals surface area contributed by atoms with Crippen LogP contribution in [0.15, 0.2) is 83.8 Å². The van der Waals surface area contributed by atoms with Crippen LogP contribution in [-0.2, 0) is 26.2 Å². The van der Waals surface area contributed by atoms with Crippen LogP contribution in [0.5, 0.6) is 0 Å². The van der Waals surface area contributed by atoms with Gasteiger partial charge in [0.15, 0.2) is 0 Å². The summed E-state index contributed by atoms with van der Waals surface area (Å²) in [6, 6.07) is 20.5. The molecule has 3 rings (SSSR count). The molecule has 0 unspecified atom stereocenters. The zero-order valence-corrected chi connectivity index (χ0v) is 22.2. The number of carbonyl (C=O) groups is 2. The van der Waals surface area contributed by atoms with Crippen molar-refractivity contribution in [2.45, 2.75) is 30.8 Å². The summed E-state index contributed by atoms with van der Waals surface area (Å²) in [5.41, 5.74) is 0.904. The fraction of sp³-hybridized carbons (Fsp3) is 0.231. The molecule has 0 heterocycles. The molecular formula is C26H27Cl2N3O4S. The van der Waals surface area contributed by atoms with Crippen LogP contribution in [0.4, 0.5) is 5.69 Å². The Balaban J connectivity index is 2.07. The zero-order chi connectivity index (χ0) is 26.3. The number of sulfonamides is 1. The highest BCUT2D eigenvalue weighted by molar-refractivity contribution is 7.92. The van der Waals surface area contributed by atoms with Gasteiger partial charge < -0.3 is 10.2 Å². The number of benzene rings is 3. The van der Waals surface area contributed by atoms with Crippen LogP contribution in [-0.4, -0.2) is 44.8 Å². The van der Waals surface area contributed by atoms with Crippen LogP contribution < -0.4 is 9.62 Å². The maximum atomic E-state index is 13.8. The normalized spacial score (nSPS) is 12.0. The average Bonchev–Trinajstić information content (AvgIpc) is 2.88. The Morgan fingerprint density at radius 3 is 2.11 bits per heavy atom. The smallest absolute Gasteiger partial charge is 0.264 e. The second-order valence-corrected chi connectivity index (χ2v) is 10.7. The molecule has 0 aliphatic heterocycles. The molecule has 0 bridgehead atoms. The molecule has 0 fully saturated rings. The monoisotopic (exact) mass is 547 g/mol. The van der Waals surface area contributed by atoms with Crippen molar-refractivity contribution in [3.63, 3.8) is 0 Å². The van der Waals surface area contributed by atoms with Gasteiger partial charge in [0.25, 0.3) is 10.0 Å². The van der Waals surface area contributed by atoms with Gasteiger partial charge >= 0.3 is 0 Å². The van der Waals surface area contributed by atoms with Crippen molar-refractivity contribution < 1.29 is 18.0 Å². The first-order valence-electron chi connectivity index (χ1n) is 11.3. The van der Waals surface area contributed by atoms with E-state index in [2.05, 4.69) is 5.32 Å². The molecule has 0 radical (unpaired) electrons. The molecule has 0 aromatic heterocycles. The topological polar surface area (TPSA) is 86.8 Å². The highest BCUT2D eigenvalue weighted by atomic mass is 35.5. The van der Waals surface area contributed by atoms with Crippen LogP contribution in [0, 0.1) is 0 Å². The van der Waals surface area contributed by atoms with Crippen molar-refractivity contribution in [1.82, 2.24) is 10.2 Å². The number of nitrogens with zero attached hydrogens (tertiary/aromatic N) is 2. The van der Waals surface area contributed by atoms with Crippen LogP contribution in [0.2, 0.25) is 10.0 Å². The lowest BCUT2D eigenvalue weighted by atomic mass is 10.1. The van der Waals surface area contributed by atoms with Crippen molar-refractivity contribution >= 4 is 50.7 Å². The van der Waals surface area contributed by atoms with Crippen LogP contribution in [0.25, 0.3) is 0 Å². The standard InChI is InChI=1S/C26H27Cl2N3O4S/c1-3-23(26(33)29-2)30(17-19-10-6-4-7-11-19)25(32)18-31(24-15-14-20(27)16-22(24)28)36(34,35)21-12-8-5-9-13-21/h4-16,23H,3,17-18H2,1-2H3,(H,29,33)/t23-/m0/s1. The molecule has 0 aliphatic rings. The summed E-state index contributed by atoms with van der Waals surface area (Å²) in [6.45, 7) is 1.35. The number of anilines is 1. The minimum Gasteiger partial charge on any atom is -0.357 e. The van der Waals surface area contributed by atoms with Gasteiger partial charge in [0, 0.05) is 18.6 Å². The van der Waals surface area contributed by atoms with Crippen LogP contribution in [0.1, 0.15) is 18.9 Å². The highest BCUT2D eigenvalue weighted by Gasteiger charge is 2.34. The SMILES string of the molecule is CC[C@@H](C(=O)NC)N(Cc1ccccc1)C(=O)CN(c1ccc(Cl)cc1Cl)S(=O)(=O)c1ccccc1. The Labute approximate surface area is 221 Å². The summed E-state index contributed by atoms with van der Waals surface area (Å²) in [5.74, 6) is -0.899. The quantitative estimate of drug-likeness (QED) is 0.397. The minimum absolute atomic E-state index is 0.00299. The summed E-state index contributed by atoms with van der Waals surface area (Å²) in [5, 5.41) is 2.99. The Bertz CT molecular complexity index is 1310. The number of carbonyl (C=O) groups excluding carboxylic acids is 2. The lowest BCUT2D eigenvalue weighted by Crippen LogP contribution is -2.51. The number of hydrogen-bond donors (Lipinski definition) is 1. The number of hydrogen-bond acceptors (Lipinski definition) is 4. The van der Waals surface area contributed by atoms with Gasteiger partial charge in [-0.1, -0.05) is 78.7 Å². The molecule has 0 spiro atoms. The lowest BCUT2D eigenvalue weighted by molar-refractivity contribution is -0.140. The molecule has 1 N–H and O–H groups in total. The van der Waals surface area contributed by atoms with Gasteiger partial charge in [-0.2, -0.15) is 0 Å². The molecule has 1 atom stereocenters. The van der Waals surface area contributed by atoms with Crippen molar-refractivity contribution in [3.8, 4) is 0 Å². The molecule has 190 valence electrons. The van der Waals surface area contributed by atoms with Gasteiger partial charge in [-0.15, -0.1) is 0 Å². The summed E-state index contributed by atoms with van der Waals surface area (Å²) in [6.07, 6.45) is 0.339. The fourth-order valence-corrected chi connectivity index (χ4v) is 5.80. The summed E-state index contributed by atoms with van der Waals surface area (Å²) >= 11 is 12.4. The molecular weight excluding hydrogens is 521 g/mol. The Kier molecular flexibility index (Phi) is 9.37. The van der Waals surface area contributed by atoms with E-state index in [1.807, 2.05) is 30.3 Å². The largest absolute Gasteiger partial charge is 0.357 e. The average molecular weight is 548 g/mol. The molecule has 7 nitrogen and oxygen atoms in total. The second kappa shape index (κ2) is 12.3. The Morgan fingerprint density at radius 1 is 0.944 bits per heavy atom. The first-order chi connectivity index (χ1) is 17.2. The van der Waals surface area contributed by atoms with Crippen molar-refractivity contribution in [2.75, 3.05) is 17.9 Å². The van der Waals surface area contributed by atoms with Gasteiger partial charge in [-0.05, 0) is 42.3 Å². The molecule has 0 saturated heterocycles. The Morgan fingerprint density at radius 2 is 1.56 bits per heavy atom. The van der Waals surface area contributed by atoms with E-state index in [1.54, 1.807) is 25.1 Å². The van der Waals surface area contributed by atoms with E-state index in [9.17, 15) is 18.0 Å². The van der Waals surface area contributed by atoms with E-state index in [0.29, 0.717) is 11.4 Å². The third-order valence-corrected chi connectivity index (χ3v) is 7.93. The predicted octanol–water partition coefficient (Wildman–Crippen LogP) is 4.74. The molecule has 0 aliphatic carbocycles. The third-order valence-electron chi connectivity index (χ3n) is 5.62. The van der Waals surface area contributed by atoms with E-state index < -0.39 is 28.5 Å². The van der Waals surface area contributed by atoms with Crippen molar-refractivity contribution in [3.05, 3.63) is 94.5 Å². The maximum absolute atomic E-state index is 13.8. The highest BCUT2D eigenvalue weighted by Crippen LogP contribution is 2.33. The number of amides is 2. The lowest BCUT2D eigenvalue weighted by Gasteiger charge is -2.33. The van der Waals surface area contributed by atoms with Gasteiger partial charge in [-0.25, -0.2) is 8.42 Å². The van der Waals surface area contributed by atoms with E-state index in [0.717, 1.165) is 9.87 Å². The van der Waals surface area contributed by atoms with Gasteiger partial charge in [0.2, 0.25) is 11.8 Å². The first-order valence-corrected chi connectivity index (χ1v) is 13.5. The second-order valence-electron chi connectivity index (χ2n) is 7.97. The van der Waals surface area contributed by atoms with Gasteiger partial charge in [0.05, 0.1) is 15.6 Å². The molecule has 0 saturated carbocycles. The van der Waals surface area contributed by atoms with Gasteiger partial charge in [-0.3, -0.25) is 13.9 Å². The number of rotatable bonds is 10. The van der Waals surface area contributed by atoms with Crippen LogP contribution in [0.3, 0.4) is 0 Å². The molecule has 36 heavy (non-hydrogen) atoms. The number of nitrogens with one attached hydrogen (secondary N) is 1. The number of likely N-dealkylation sites (N-methyl/N-ethyl adjacent to an activating group) is 1. The summed E-state index contributed by atoms with van der Waals surface area (Å²) in [7, 11) is -2.70. The van der Waals surface area contributed by atoms with Crippen molar-refractivity contribution in [1.29, 1.82) is 0 Å². The number of halogens is 2. The fourth-order valence-electron chi connectivity index (χ4n) is 3.78. The summed E-state index contributed by atoms with van der Waals surface area (Å²) < 4.78 is 28.4. The van der Waals surface area contributed by atoms with E-state index >= 15 is 0 Å². The minimum atomic E-state index is -4.19. The van der Waals surface area contributed by atoms with E-state index in [1.165, 1.54) is 42.3 Å². The van der Waals surface area contributed by atoms with Gasteiger partial charge in [0.1, 0.15) is 12.6 Å². The van der Waals surface area contributed by atoms with E-state index in [-0.39, 0.29) is 28.1 Å². The maximum Gasteiger partial charge on any atom is 0.264 e. The molecule has 2 amide bonds. The van der Waals surface area contributed by atoms with E-state index in [4.69, 9.17) is 23.2 Å². The molecule has 10 heteroatoms. The molecule has 3 aromatic rings.